The fourth-order valence-electron chi connectivity index (χ4n) is 2.09. The molecular formula is C16H18N2O6S. The van der Waals surface area contributed by atoms with Gasteiger partial charge < -0.3 is 14.4 Å². The van der Waals surface area contributed by atoms with Gasteiger partial charge >= 0.3 is 5.97 Å². The van der Waals surface area contributed by atoms with Gasteiger partial charge in [0.05, 0.1) is 5.56 Å². The molecule has 134 valence electrons. The van der Waals surface area contributed by atoms with Crippen molar-refractivity contribution in [1.82, 2.24) is 9.21 Å². The minimum Gasteiger partial charge on any atom is -0.480 e. The van der Waals surface area contributed by atoms with E-state index in [1.54, 1.807) is 30.3 Å². The maximum atomic E-state index is 12.6. The van der Waals surface area contributed by atoms with Gasteiger partial charge in [-0.05, 0) is 5.56 Å². The van der Waals surface area contributed by atoms with E-state index >= 15 is 0 Å². The molecule has 1 amide bonds. The van der Waals surface area contributed by atoms with Crippen molar-refractivity contribution in [2.45, 2.75) is 11.6 Å². The molecule has 1 N–H and O–H groups in total. The molecule has 0 aliphatic heterocycles. The number of carboxylic acids is 1. The van der Waals surface area contributed by atoms with Gasteiger partial charge in [0.15, 0.2) is 0 Å². The average molecular weight is 366 g/mol. The van der Waals surface area contributed by atoms with Gasteiger partial charge in [0.1, 0.15) is 12.8 Å². The van der Waals surface area contributed by atoms with Crippen molar-refractivity contribution >= 4 is 21.9 Å². The van der Waals surface area contributed by atoms with E-state index in [-0.39, 0.29) is 17.2 Å². The number of carbonyl (C=O) groups is 2. The first-order chi connectivity index (χ1) is 11.7. The number of aliphatic carboxylic acids is 1. The largest absolute Gasteiger partial charge is 0.480 e. The summed E-state index contributed by atoms with van der Waals surface area (Å²) < 4.78 is 30.0. The Bertz CT molecular complexity index is 858. The Morgan fingerprint density at radius 3 is 2.36 bits per heavy atom. The molecule has 0 fully saturated rings. The Kier molecular flexibility index (Phi) is 5.60. The van der Waals surface area contributed by atoms with Gasteiger partial charge in [0.25, 0.3) is 15.9 Å². The second-order valence-electron chi connectivity index (χ2n) is 5.48. The van der Waals surface area contributed by atoms with E-state index in [1.165, 1.54) is 14.1 Å². The second kappa shape index (κ2) is 7.49. The van der Waals surface area contributed by atoms with Crippen LogP contribution >= 0.6 is 0 Å². The van der Waals surface area contributed by atoms with Crippen LogP contribution in [0.1, 0.15) is 15.9 Å². The number of hydrogen-bond acceptors (Lipinski definition) is 5. The molecule has 0 spiro atoms. The van der Waals surface area contributed by atoms with E-state index < -0.39 is 28.4 Å². The van der Waals surface area contributed by atoms with E-state index in [0.29, 0.717) is 0 Å². The van der Waals surface area contributed by atoms with Crippen molar-refractivity contribution in [3.63, 3.8) is 0 Å². The highest BCUT2D eigenvalue weighted by Gasteiger charge is 2.26. The molecule has 0 aliphatic carbocycles. The van der Waals surface area contributed by atoms with E-state index in [2.05, 4.69) is 0 Å². The summed E-state index contributed by atoms with van der Waals surface area (Å²) in [5.41, 5.74) is 0.722. The van der Waals surface area contributed by atoms with Crippen LogP contribution in [0.3, 0.4) is 0 Å². The van der Waals surface area contributed by atoms with Crippen molar-refractivity contribution in [1.29, 1.82) is 0 Å². The van der Waals surface area contributed by atoms with Gasteiger partial charge in [-0.15, -0.1) is 0 Å². The lowest BCUT2D eigenvalue weighted by Crippen LogP contribution is -2.35. The molecule has 25 heavy (non-hydrogen) atoms. The number of benzene rings is 1. The highest BCUT2D eigenvalue weighted by Crippen LogP contribution is 2.19. The number of carbonyl (C=O) groups excluding carboxylic acids is 1. The zero-order valence-corrected chi connectivity index (χ0v) is 14.6. The van der Waals surface area contributed by atoms with Crippen LogP contribution < -0.4 is 0 Å². The Morgan fingerprint density at radius 1 is 1.16 bits per heavy atom. The van der Waals surface area contributed by atoms with E-state index in [1.807, 2.05) is 0 Å². The molecule has 0 radical (unpaired) electrons. The van der Waals surface area contributed by atoms with Crippen LogP contribution in [0, 0.1) is 0 Å². The Hall–Kier alpha value is -2.65. The lowest BCUT2D eigenvalue weighted by molar-refractivity contribution is -0.137. The highest BCUT2D eigenvalue weighted by molar-refractivity contribution is 7.88. The summed E-state index contributed by atoms with van der Waals surface area (Å²) in [5.74, 6) is -1.80. The lowest BCUT2D eigenvalue weighted by Gasteiger charge is -2.20. The summed E-state index contributed by atoms with van der Waals surface area (Å²) in [7, 11) is -1.14. The Labute approximate surface area is 145 Å². The summed E-state index contributed by atoms with van der Waals surface area (Å²) in [6.45, 7) is -0.443. The highest BCUT2D eigenvalue weighted by atomic mass is 32.2. The van der Waals surface area contributed by atoms with E-state index in [9.17, 15) is 18.0 Å². The van der Waals surface area contributed by atoms with Crippen LogP contribution in [-0.2, 0) is 21.4 Å². The van der Waals surface area contributed by atoms with Crippen molar-refractivity contribution < 1.29 is 27.5 Å². The van der Waals surface area contributed by atoms with E-state index in [0.717, 1.165) is 27.1 Å². The molecule has 0 bridgehead atoms. The summed E-state index contributed by atoms with van der Waals surface area (Å²) >= 11 is 0. The first-order valence-corrected chi connectivity index (χ1v) is 8.72. The fourth-order valence-corrected chi connectivity index (χ4v) is 2.90. The smallest absolute Gasteiger partial charge is 0.323 e. The third-order valence-electron chi connectivity index (χ3n) is 3.39. The maximum absolute atomic E-state index is 12.6. The Morgan fingerprint density at radius 2 is 1.80 bits per heavy atom. The number of rotatable bonds is 7. The summed E-state index contributed by atoms with van der Waals surface area (Å²) in [6.07, 6.45) is 1.01. The van der Waals surface area contributed by atoms with Gasteiger partial charge in [0.2, 0.25) is 5.09 Å². The topological polar surface area (TPSA) is 108 Å². The minimum atomic E-state index is -3.82. The zero-order valence-electron chi connectivity index (χ0n) is 13.7. The number of hydrogen-bond donors (Lipinski definition) is 1. The van der Waals surface area contributed by atoms with Crippen molar-refractivity contribution in [2.24, 2.45) is 0 Å². The van der Waals surface area contributed by atoms with Gasteiger partial charge in [0, 0.05) is 26.7 Å². The first-order valence-electron chi connectivity index (χ1n) is 7.28. The molecular weight excluding hydrogens is 348 g/mol. The SMILES string of the molecule is CN(C)S(=O)(=O)c1cc(C(=O)N(CC(=O)O)Cc2ccccc2)co1. The van der Waals surface area contributed by atoms with Crippen LogP contribution in [0.15, 0.2) is 52.2 Å². The summed E-state index contributed by atoms with van der Waals surface area (Å²) in [5, 5.41) is 8.67. The average Bonchev–Trinajstić information content (AvgIpc) is 3.04. The number of amides is 1. The van der Waals surface area contributed by atoms with Crippen molar-refractivity contribution in [3.8, 4) is 0 Å². The monoisotopic (exact) mass is 366 g/mol. The number of sulfonamides is 1. The molecule has 1 aromatic heterocycles. The molecule has 0 atom stereocenters. The van der Waals surface area contributed by atoms with Crippen LogP contribution in [0.25, 0.3) is 0 Å². The molecule has 2 aromatic rings. The molecule has 0 aliphatic rings. The molecule has 1 aromatic carbocycles. The second-order valence-corrected chi connectivity index (χ2v) is 7.57. The van der Waals surface area contributed by atoms with Gasteiger partial charge in [-0.25, -0.2) is 12.7 Å². The molecule has 2 rings (SSSR count). The standard InChI is InChI=1S/C16H18N2O6S/c1-17(2)25(22,23)15-8-13(11-24-15)16(21)18(10-14(19)20)9-12-6-4-3-5-7-12/h3-8,11H,9-10H2,1-2H3,(H,19,20). The number of furan rings is 1. The quantitative estimate of drug-likeness (QED) is 0.790. The third kappa shape index (κ3) is 4.46. The number of nitrogens with zero attached hydrogens (tertiary/aromatic N) is 2. The lowest BCUT2D eigenvalue weighted by atomic mass is 10.2. The molecule has 0 saturated carbocycles. The summed E-state index contributed by atoms with van der Waals surface area (Å²) in [6, 6.07) is 9.98. The molecule has 0 unspecified atom stereocenters. The normalized spacial score (nSPS) is 11.5. The maximum Gasteiger partial charge on any atom is 0.323 e. The predicted molar refractivity (Wildman–Crippen MR) is 88.4 cm³/mol. The first kappa shape index (κ1) is 18.7. The van der Waals surface area contributed by atoms with Crippen LogP contribution in [0.5, 0.6) is 0 Å². The fraction of sp³-hybridized carbons (Fsp3) is 0.250. The van der Waals surface area contributed by atoms with Crippen LogP contribution in [-0.4, -0.2) is 55.2 Å². The van der Waals surface area contributed by atoms with Crippen molar-refractivity contribution in [3.05, 3.63) is 53.8 Å². The molecule has 9 heteroatoms. The van der Waals surface area contributed by atoms with Crippen LogP contribution in [0.2, 0.25) is 0 Å². The van der Waals surface area contributed by atoms with Crippen LogP contribution in [0.4, 0.5) is 0 Å². The molecule has 0 saturated heterocycles. The van der Waals surface area contributed by atoms with Crippen molar-refractivity contribution in [2.75, 3.05) is 20.6 Å². The number of carboxylic acid groups (broad SMARTS) is 1. The van der Waals surface area contributed by atoms with Gasteiger partial charge in [-0.1, -0.05) is 30.3 Å². The third-order valence-corrected chi connectivity index (χ3v) is 5.07. The van der Waals surface area contributed by atoms with Gasteiger partial charge in [-0.2, -0.15) is 0 Å². The predicted octanol–water partition coefficient (Wildman–Crippen LogP) is 1.26. The molecule has 8 nitrogen and oxygen atoms in total. The zero-order chi connectivity index (χ0) is 18.6. The molecule has 1 heterocycles. The van der Waals surface area contributed by atoms with Gasteiger partial charge in [-0.3, -0.25) is 9.59 Å². The summed E-state index contributed by atoms with van der Waals surface area (Å²) in [4.78, 5) is 24.8. The van der Waals surface area contributed by atoms with E-state index in [4.69, 9.17) is 9.52 Å². The minimum absolute atomic E-state index is 0.0300. The Balaban J connectivity index is 2.28.